The number of hydrogen-bond donors (Lipinski definition) is 1. The Morgan fingerprint density at radius 2 is 2.05 bits per heavy atom. The van der Waals surface area contributed by atoms with Gasteiger partial charge in [-0.25, -0.2) is 0 Å². The lowest BCUT2D eigenvalue weighted by Gasteiger charge is -2.19. The van der Waals surface area contributed by atoms with Crippen LogP contribution in [0.2, 0.25) is 0 Å². The van der Waals surface area contributed by atoms with Gasteiger partial charge in [0.2, 0.25) is 0 Å². The first-order valence-corrected chi connectivity index (χ1v) is 6.41. The van der Waals surface area contributed by atoms with Crippen molar-refractivity contribution >= 4 is 5.69 Å². The maximum atomic E-state index is 5.79. The fraction of sp³-hybridized carbons (Fsp3) is 0.333. The van der Waals surface area contributed by atoms with Gasteiger partial charge in [-0.2, -0.15) is 0 Å². The van der Waals surface area contributed by atoms with E-state index in [1.165, 1.54) is 0 Å². The third kappa shape index (κ3) is 3.51. The van der Waals surface area contributed by atoms with Crippen LogP contribution in [0, 0.1) is 6.92 Å². The Labute approximate surface area is 114 Å². The molecule has 2 aromatic heterocycles. The summed E-state index contributed by atoms with van der Waals surface area (Å²) in [6.45, 7) is 4.70. The predicted octanol–water partition coefficient (Wildman–Crippen LogP) is 2.44. The van der Waals surface area contributed by atoms with E-state index in [-0.39, 0.29) is 6.04 Å². The van der Waals surface area contributed by atoms with Gasteiger partial charge in [-0.15, -0.1) is 0 Å². The van der Waals surface area contributed by atoms with Crippen LogP contribution < -0.4 is 10.6 Å². The number of nitrogens with two attached hydrogens (primary N) is 1. The average molecular weight is 256 g/mol. The molecule has 19 heavy (non-hydrogen) atoms. The lowest BCUT2D eigenvalue weighted by molar-refractivity contribution is 0.778. The lowest BCUT2D eigenvalue weighted by atomic mass is 10.2. The Hall–Kier alpha value is -1.94. The minimum absolute atomic E-state index is 0.0298. The molecular formula is C15H20N4. The fourth-order valence-electron chi connectivity index (χ4n) is 1.91. The van der Waals surface area contributed by atoms with Crippen molar-refractivity contribution in [1.82, 2.24) is 9.97 Å². The van der Waals surface area contributed by atoms with Crippen LogP contribution in [0.4, 0.5) is 5.69 Å². The van der Waals surface area contributed by atoms with Crippen molar-refractivity contribution in [1.29, 1.82) is 0 Å². The Morgan fingerprint density at radius 3 is 2.63 bits per heavy atom. The maximum absolute atomic E-state index is 5.79. The number of nitrogens with zero attached hydrogens (tertiary/aromatic N) is 3. The van der Waals surface area contributed by atoms with E-state index in [0.717, 1.165) is 29.3 Å². The molecule has 0 aliphatic heterocycles. The first kappa shape index (κ1) is 13.5. The minimum atomic E-state index is -0.0298. The molecule has 100 valence electrons. The van der Waals surface area contributed by atoms with Crippen molar-refractivity contribution in [3.8, 4) is 0 Å². The summed E-state index contributed by atoms with van der Waals surface area (Å²) in [6, 6.07) is 10.1. The molecule has 1 unspecified atom stereocenters. The van der Waals surface area contributed by atoms with E-state index in [9.17, 15) is 0 Å². The molecule has 0 aliphatic rings. The molecule has 0 amide bonds. The Morgan fingerprint density at radius 1 is 1.26 bits per heavy atom. The molecule has 0 radical (unpaired) electrons. The van der Waals surface area contributed by atoms with Gasteiger partial charge in [-0.3, -0.25) is 9.97 Å². The number of pyridine rings is 2. The second-order valence-electron chi connectivity index (χ2n) is 4.86. The van der Waals surface area contributed by atoms with Gasteiger partial charge < -0.3 is 10.6 Å². The SMILES string of the molecule is Cc1cccc(CN(C)c2ccc(C(C)N)nc2)n1. The maximum Gasteiger partial charge on any atom is 0.0600 e. The molecule has 4 nitrogen and oxygen atoms in total. The first-order chi connectivity index (χ1) is 9.06. The highest BCUT2D eigenvalue weighted by atomic mass is 15.1. The standard InChI is InChI=1S/C15H20N4/c1-11-5-4-6-13(18-11)10-19(3)14-7-8-15(12(2)16)17-9-14/h4-9,12H,10,16H2,1-3H3. The number of rotatable bonds is 4. The van der Waals surface area contributed by atoms with Crippen molar-refractivity contribution < 1.29 is 0 Å². The van der Waals surface area contributed by atoms with Gasteiger partial charge in [0.1, 0.15) is 0 Å². The second kappa shape index (κ2) is 5.80. The minimum Gasteiger partial charge on any atom is -0.367 e. The second-order valence-corrected chi connectivity index (χ2v) is 4.86. The van der Waals surface area contributed by atoms with Crippen LogP contribution in [0.1, 0.15) is 30.0 Å². The monoisotopic (exact) mass is 256 g/mol. The molecule has 1 atom stereocenters. The van der Waals surface area contributed by atoms with Gasteiger partial charge >= 0.3 is 0 Å². The molecule has 0 bridgehead atoms. The van der Waals surface area contributed by atoms with Crippen molar-refractivity contribution in [2.75, 3.05) is 11.9 Å². The molecule has 4 heteroatoms. The van der Waals surface area contributed by atoms with Gasteiger partial charge in [-0.05, 0) is 38.1 Å². The first-order valence-electron chi connectivity index (χ1n) is 6.41. The summed E-state index contributed by atoms with van der Waals surface area (Å²) >= 11 is 0. The normalized spacial score (nSPS) is 12.2. The van der Waals surface area contributed by atoms with Gasteiger partial charge in [0.05, 0.1) is 29.8 Å². The van der Waals surface area contributed by atoms with Crippen molar-refractivity contribution in [3.63, 3.8) is 0 Å². The Balaban J connectivity index is 2.09. The van der Waals surface area contributed by atoms with Gasteiger partial charge in [0.15, 0.2) is 0 Å². The van der Waals surface area contributed by atoms with E-state index in [2.05, 4.69) is 14.9 Å². The summed E-state index contributed by atoms with van der Waals surface area (Å²) < 4.78 is 0. The highest BCUT2D eigenvalue weighted by Gasteiger charge is 2.05. The molecule has 2 aromatic rings. The van der Waals surface area contributed by atoms with Gasteiger partial charge in [-0.1, -0.05) is 6.07 Å². The average Bonchev–Trinajstić information content (AvgIpc) is 2.39. The number of anilines is 1. The zero-order chi connectivity index (χ0) is 13.8. The lowest BCUT2D eigenvalue weighted by Crippen LogP contribution is -2.18. The van der Waals surface area contributed by atoms with E-state index in [0.29, 0.717) is 0 Å². The van der Waals surface area contributed by atoms with E-state index >= 15 is 0 Å². The molecular weight excluding hydrogens is 236 g/mol. The van der Waals surface area contributed by atoms with E-state index in [1.807, 2.05) is 57.4 Å². The molecule has 0 fully saturated rings. The van der Waals surface area contributed by atoms with E-state index in [4.69, 9.17) is 5.73 Å². The number of aryl methyl sites for hydroxylation is 1. The van der Waals surface area contributed by atoms with Crippen molar-refractivity contribution in [2.24, 2.45) is 5.73 Å². The summed E-state index contributed by atoms with van der Waals surface area (Å²) in [5, 5.41) is 0. The Bertz CT molecular complexity index is 534. The van der Waals surface area contributed by atoms with Crippen LogP contribution >= 0.6 is 0 Å². The third-order valence-electron chi connectivity index (χ3n) is 3.02. The van der Waals surface area contributed by atoms with Gasteiger partial charge in [0.25, 0.3) is 0 Å². The highest BCUT2D eigenvalue weighted by Crippen LogP contribution is 2.16. The van der Waals surface area contributed by atoms with Crippen LogP contribution in [0.3, 0.4) is 0 Å². The molecule has 0 saturated heterocycles. The number of aromatic nitrogens is 2. The predicted molar refractivity (Wildman–Crippen MR) is 77.9 cm³/mol. The Kier molecular flexibility index (Phi) is 4.12. The van der Waals surface area contributed by atoms with Crippen LogP contribution in [-0.2, 0) is 6.54 Å². The molecule has 2 N–H and O–H groups in total. The number of hydrogen-bond acceptors (Lipinski definition) is 4. The zero-order valence-corrected chi connectivity index (χ0v) is 11.7. The fourth-order valence-corrected chi connectivity index (χ4v) is 1.91. The molecule has 0 aliphatic carbocycles. The third-order valence-corrected chi connectivity index (χ3v) is 3.02. The van der Waals surface area contributed by atoms with E-state index < -0.39 is 0 Å². The van der Waals surface area contributed by atoms with E-state index in [1.54, 1.807) is 0 Å². The molecule has 0 aromatic carbocycles. The van der Waals surface area contributed by atoms with Crippen molar-refractivity contribution in [3.05, 3.63) is 53.6 Å². The molecule has 2 heterocycles. The quantitative estimate of drug-likeness (QED) is 0.913. The summed E-state index contributed by atoms with van der Waals surface area (Å²) in [6.07, 6.45) is 1.86. The summed E-state index contributed by atoms with van der Waals surface area (Å²) in [5.41, 5.74) is 9.86. The largest absolute Gasteiger partial charge is 0.367 e. The molecule has 2 rings (SSSR count). The summed E-state index contributed by atoms with van der Waals surface area (Å²) in [7, 11) is 2.03. The highest BCUT2D eigenvalue weighted by molar-refractivity contribution is 5.44. The van der Waals surface area contributed by atoms with Crippen LogP contribution in [0.25, 0.3) is 0 Å². The zero-order valence-electron chi connectivity index (χ0n) is 11.7. The summed E-state index contributed by atoms with van der Waals surface area (Å²) in [4.78, 5) is 11.0. The molecule has 0 saturated carbocycles. The van der Waals surface area contributed by atoms with Gasteiger partial charge in [0, 0.05) is 18.8 Å². The summed E-state index contributed by atoms with van der Waals surface area (Å²) in [5.74, 6) is 0. The van der Waals surface area contributed by atoms with Crippen LogP contribution in [0.15, 0.2) is 36.5 Å². The molecule has 0 spiro atoms. The van der Waals surface area contributed by atoms with Crippen molar-refractivity contribution in [2.45, 2.75) is 26.4 Å². The topological polar surface area (TPSA) is 55.0 Å². The van der Waals surface area contributed by atoms with Crippen LogP contribution in [0.5, 0.6) is 0 Å². The smallest absolute Gasteiger partial charge is 0.0600 e. The van der Waals surface area contributed by atoms with Crippen LogP contribution in [-0.4, -0.2) is 17.0 Å².